The second kappa shape index (κ2) is 17.3. The number of pyridine rings is 1. The molecular weight excluding hydrogens is 849 g/mol. The minimum Gasteiger partial charge on any atom is -0.457 e. The Balaban J connectivity index is 1.08. The fourth-order valence-electron chi connectivity index (χ4n) is 9.55. The summed E-state index contributed by atoms with van der Waals surface area (Å²) in [6.45, 7) is 27.3. The summed E-state index contributed by atoms with van der Waals surface area (Å²) in [5.74, 6) is 2.34. The second-order valence-electron chi connectivity index (χ2n) is 23.0. The van der Waals surface area contributed by atoms with Crippen molar-refractivity contribution in [1.29, 1.82) is 0 Å². The molecule has 1 fully saturated rings. The van der Waals surface area contributed by atoms with Gasteiger partial charge in [0.2, 0.25) is 0 Å². The van der Waals surface area contributed by atoms with E-state index in [2.05, 4.69) is 219 Å². The lowest BCUT2D eigenvalue weighted by Crippen LogP contribution is -2.59. The molecule has 348 valence electrons. The number of ether oxygens (including phenoxy) is 1. The van der Waals surface area contributed by atoms with Crippen molar-refractivity contribution >= 4 is 71.4 Å². The number of rotatable bonds is 7. The minimum absolute atomic E-state index is 0.0754. The summed E-state index contributed by atoms with van der Waals surface area (Å²) in [7, 11) is -1.71. The molecule has 11 heteroatoms. The third-order valence-electron chi connectivity index (χ3n) is 13.4. The summed E-state index contributed by atoms with van der Waals surface area (Å²) in [4.78, 5) is 9.55. The van der Waals surface area contributed by atoms with Crippen LogP contribution in [0.2, 0.25) is 10.6 Å². The highest BCUT2D eigenvalue weighted by Crippen LogP contribution is 2.49. The maximum atomic E-state index is 6.95. The summed E-state index contributed by atoms with van der Waals surface area (Å²) in [5.41, 5.74) is 12.0. The van der Waals surface area contributed by atoms with Gasteiger partial charge in [-0.25, -0.2) is 4.98 Å². The van der Waals surface area contributed by atoms with Gasteiger partial charge in [-0.15, -0.1) is 0 Å². The van der Waals surface area contributed by atoms with E-state index >= 15 is 0 Å². The molecule has 0 bridgehead atoms. The average Bonchev–Trinajstić information content (AvgIpc) is 3.86. The van der Waals surface area contributed by atoms with Crippen molar-refractivity contribution in [3.63, 3.8) is 0 Å². The van der Waals surface area contributed by atoms with Crippen LogP contribution < -0.4 is 20.0 Å². The Labute approximate surface area is 410 Å². The van der Waals surface area contributed by atoms with Gasteiger partial charge in [0, 0.05) is 45.8 Å². The van der Waals surface area contributed by atoms with Crippen molar-refractivity contribution in [3.8, 4) is 28.4 Å². The Kier molecular flexibility index (Phi) is 11.7. The van der Waals surface area contributed by atoms with Gasteiger partial charge >= 0.3 is 21.4 Å². The minimum atomic E-state index is -0.707. The molecule has 6 aromatic carbocycles. The normalized spacial score (nSPS) is 14.9. The molecule has 2 aromatic heterocycles. The topological polar surface area (TPSA) is 61.2 Å². The van der Waals surface area contributed by atoms with Crippen LogP contribution in [-0.4, -0.2) is 37.6 Å². The number of aromatic nitrogens is 2. The Hall–Kier alpha value is -6.26. The van der Waals surface area contributed by atoms with Gasteiger partial charge in [-0.3, -0.25) is 4.57 Å². The van der Waals surface area contributed by atoms with Gasteiger partial charge < -0.3 is 28.3 Å². The van der Waals surface area contributed by atoms with Crippen molar-refractivity contribution in [2.45, 2.75) is 105 Å². The SMILES string of the molecule is CC(C)(C)B1OB(c2cccc(-c3cc(C(C)(C)C)cc(C(C)(C)C)c3)c2N2CN(c3cccc(Oc4ccc5c6ccccc6n(-c6ccccn6)c5c4)c3)c3ccccc32)OB(C(C)(C)C)O1. The average molecular weight is 913 g/mol. The molecule has 0 spiro atoms. The Bertz CT molecular complexity index is 3150. The van der Waals surface area contributed by atoms with Crippen molar-refractivity contribution in [1.82, 2.24) is 9.55 Å². The molecule has 0 N–H and O–H groups in total. The molecule has 0 aliphatic carbocycles. The molecule has 4 heterocycles. The van der Waals surface area contributed by atoms with Crippen molar-refractivity contribution in [2.24, 2.45) is 0 Å². The molecule has 0 unspecified atom stereocenters. The first-order valence-corrected chi connectivity index (χ1v) is 24.3. The largest absolute Gasteiger partial charge is 0.468 e. The van der Waals surface area contributed by atoms with Gasteiger partial charge in [-0.05, 0) is 92.7 Å². The Morgan fingerprint density at radius 3 is 1.78 bits per heavy atom. The highest BCUT2D eigenvalue weighted by Gasteiger charge is 2.52. The zero-order valence-corrected chi connectivity index (χ0v) is 42.3. The van der Waals surface area contributed by atoms with Crippen molar-refractivity contribution < 1.29 is 18.5 Å². The summed E-state index contributed by atoms with van der Waals surface area (Å²) >= 11 is 0. The molecular formula is C58H63B3N4O4. The van der Waals surface area contributed by atoms with Crippen LogP contribution in [-0.2, 0) is 24.5 Å². The van der Waals surface area contributed by atoms with E-state index in [1.165, 1.54) is 16.5 Å². The van der Waals surface area contributed by atoms with E-state index in [-0.39, 0.29) is 21.5 Å². The van der Waals surface area contributed by atoms with Crippen LogP contribution in [0.3, 0.4) is 0 Å². The molecule has 2 aliphatic rings. The first-order chi connectivity index (χ1) is 32.7. The van der Waals surface area contributed by atoms with E-state index in [1.807, 2.05) is 30.5 Å². The van der Waals surface area contributed by atoms with Crippen molar-refractivity contribution in [2.75, 3.05) is 16.5 Å². The molecule has 69 heavy (non-hydrogen) atoms. The van der Waals surface area contributed by atoms with Gasteiger partial charge in [0.15, 0.2) is 0 Å². The molecule has 2 aliphatic heterocycles. The molecule has 1 saturated heterocycles. The smallest absolute Gasteiger partial charge is 0.457 e. The van der Waals surface area contributed by atoms with Gasteiger partial charge in [0.05, 0.1) is 28.1 Å². The zero-order chi connectivity index (χ0) is 48.6. The number of benzene rings is 6. The number of para-hydroxylation sites is 4. The van der Waals surface area contributed by atoms with Crippen molar-refractivity contribution in [3.05, 3.63) is 163 Å². The Morgan fingerprint density at radius 2 is 1.13 bits per heavy atom. The molecule has 8 nitrogen and oxygen atoms in total. The number of nitrogens with zero attached hydrogens (tertiary/aromatic N) is 4. The fraction of sp³-hybridized carbons (Fsp3) is 0.293. The number of anilines is 4. The number of hydrogen-bond donors (Lipinski definition) is 0. The number of hydrogen-bond acceptors (Lipinski definition) is 7. The van der Waals surface area contributed by atoms with Crippen LogP contribution in [0.25, 0.3) is 38.8 Å². The maximum absolute atomic E-state index is 6.95. The van der Waals surface area contributed by atoms with E-state index in [1.54, 1.807) is 0 Å². The van der Waals surface area contributed by atoms with Gasteiger partial charge in [-0.2, -0.15) is 0 Å². The van der Waals surface area contributed by atoms with Crippen LogP contribution in [0.1, 0.15) is 94.2 Å². The lowest BCUT2D eigenvalue weighted by molar-refractivity contribution is 0.250. The molecule has 10 rings (SSSR count). The highest BCUT2D eigenvalue weighted by molar-refractivity contribution is 6.81. The monoisotopic (exact) mass is 913 g/mol. The summed E-state index contributed by atoms with van der Waals surface area (Å²) < 4.78 is 29.5. The number of fused-ring (bicyclic) bond motifs is 4. The Morgan fingerprint density at radius 1 is 0.522 bits per heavy atom. The quantitative estimate of drug-likeness (QED) is 0.148. The summed E-state index contributed by atoms with van der Waals surface area (Å²) in [6.07, 6.45) is 1.84. The van der Waals surface area contributed by atoms with Crippen LogP contribution in [0.4, 0.5) is 22.7 Å². The van der Waals surface area contributed by atoms with Crippen LogP contribution in [0.5, 0.6) is 11.5 Å². The summed E-state index contributed by atoms with van der Waals surface area (Å²) in [5, 5.41) is 1.70. The molecule has 0 amide bonds. The standard InChI is InChI=1S/C58H63B3N4O4/c1-55(2,3)40-33-39(34-41(35-40)56(4,5)6)45-24-20-25-48(59-67-60(57(7,8)9)69-61(68-59)58(10,11)12)54(45)64-38-63(50-27-15-16-28-51(50)64)42-21-19-22-43(36-42)66-44-30-31-47-46-23-13-14-26-49(46)65(52(47)37-44)53-29-17-18-32-62-53/h13-37H,38H2,1-12H3. The van der Waals surface area contributed by atoms with Gasteiger partial charge in [0.25, 0.3) is 0 Å². The van der Waals surface area contributed by atoms with E-state index in [0.29, 0.717) is 6.67 Å². The third kappa shape index (κ3) is 8.97. The predicted octanol–water partition coefficient (Wildman–Crippen LogP) is 14.8. The van der Waals surface area contributed by atoms with Crippen LogP contribution in [0, 0.1) is 0 Å². The summed E-state index contributed by atoms with van der Waals surface area (Å²) in [6, 6.07) is 51.7. The van der Waals surface area contributed by atoms with E-state index in [0.717, 1.165) is 73.1 Å². The maximum Gasteiger partial charge on any atom is 0.468 e. The van der Waals surface area contributed by atoms with E-state index in [9.17, 15) is 0 Å². The lowest BCUT2D eigenvalue weighted by Gasteiger charge is -2.41. The third-order valence-corrected chi connectivity index (χ3v) is 13.4. The second-order valence-corrected chi connectivity index (χ2v) is 23.0. The fourth-order valence-corrected chi connectivity index (χ4v) is 9.55. The van der Waals surface area contributed by atoms with Gasteiger partial charge in [-0.1, -0.05) is 162 Å². The molecule has 0 radical (unpaired) electrons. The van der Waals surface area contributed by atoms with Crippen LogP contribution >= 0.6 is 0 Å². The van der Waals surface area contributed by atoms with E-state index in [4.69, 9.17) is 23.4 Å². The van der Waals surface area contributed by atoms with Crippen LogP contribution in [0.15, 0.2) is 152 Å². The molecule has 8 aromatic rings. The first kappa shape index (κ1) is 46.5. The van der Waals surface area contributed by atoms with E-state index < -0.39 is 21.4 Å². The highest BCUT2D eigenvalue weighted by atomic mass is 16.7. The molecule has 0 saturated carbocycles. The lowest BCUT2D eigenvalue weighted by atomic mass is 9.50. The van der Waals surface area contributed by atoms with Gasteiger partial charge in [0.1, 0.15) is 24.0 Å². The molecule has 0 atom stereocenters. The predicted molar refractivity (Wildman–Crippen MR) is 290 cm³/mol. The first-order valence-electron chi connectivity index (χ1n) is 24.3. The zero-order valence-electron chi connectivity index (χ0n) is 42.3.